The van der Waals surface area contributed by atoms with Crippen molar-refractivity contribution in [3.05, 3.63) is 48.0 Å². The van der Waals surface area contributed by atoms with Crippen LogP contribution in [0.3, 0.4) is 0 Å². The summed E-state index contributed by atoms with van der Waals surface area (Å²) in [5.41, 5.74) is 3.94. The topological polar surface area (TPSA) is 68.3 Å². The van der Waals surface area contributed by atoms with Crippen LogP contribution in [0.2, 0.25) is 0 Å². The third-order valence-electron chi connectivity index (χ3n) is 3.99. The molecule has 3 rings (SSSR count). The van der Waals surface area contributed by atoms with Gasteiger partial charge in [0.2, 0.25) is 5.91 Å². The number of methoxy groups -OCH3 is 1. The van der Waals surface area contributed by atoms with Gasteiger partial charge in [-0.1, -0.05) is 6.07 Å². The maximum Gasteiger partial charge on any atom is 0.315 e. The van der Waals surface area contributed by atoms with Gasteiger partial charge in [0, 0.05) is 11.3 Å². The average Bonchev–Trinajstić information content (AvgIpc) is 3.09. The number of aromatic nitrogens is 1. The van der Waals surface area contributed by atoms with Gasteiger partial charge in [0.05, 0.1) is 28.3 Å². The second-order valence-corrected chi connectivity index (χ2v) is 8.45. The summed E-state index contributed by atoms with van der Waals surface area (Å²) in [4.78, 5) is 28.1. The van der Waals surface area contributed by atoms with Crippen LogP contribution in [0.15, 0.2) is 42.5 Å². The molecule has 27 heavy (non-hydrogen) atoms. The molecule has 3 aromatic rings. The van der Waals surface area contributed by atoms with Gasteiger partial charge in [-0.05, 0) is 55.8 Å². The zero-order valence-electron chi connectivity index (χ0n) is 15.3. The highest BCUT2D eigenvalue weighted by Gasteiger charge is 2.16. The Labute approximate surface area is 166 Å². The molecule has 1 unspecified atom stereocenters. The molecule has 2 aromatic carbocycles. The third kappa shape index (κ3) is 4.87. The molecule has 0 aliphatic heterocycles. The molecular weight excluding hydrogens is 380 g/mol. The van der Waals surface area contributed by atoms with Crippen molar-refractivity contribution in [3.63, 3.8) is 0 Å². The Balaban J connectivity index is 1.65. The Hall–Kier alpha value is -2.38. The molecule has 7 heteroatoms. The Kier molecular flexibility index (Phi) is 6.13. The van der Waals surface area contributed by atoms with Crippen molar-refractivity contribution in [2.75, 3.05) is 18.2 Å². The summed E-state index contributed by atoms with van der Waals surface area (Å²) in [6.45, 7) is 3.83. The second-order valence-electron chi connectivity index (χ2n) is 6.09. The molecule has 1 atom stereocenters. The molecule has 0 aliphatic carbocycles. The van der Waals surface area contributed by atoms with Crippen LogP contribution in [-0.2, 0) is 14.3 Å². The van der Waals surface area contributed by atoms with Crippen LogP contribution in [0, 0.1) is 6.92 Å². The lowest BCUT2D eigenvalue weighted by atomic mass is 10.2. The van der Waals surface area contributed by atoms with Gasteiger partial charge in [-0.3, -0.25) is 9.59 Å². The monoisotopic (exact) mass is 400 g/mol. The highest BCUT2D eigenvalue weighted by molar-refractivity contribution is 8.01. The number of aryl methyl sites for hydroxylation is 1. The van der Waals surface area contributed by atoms with Crippen molar-refractivity contribution in [2.24, 2.45) is 0 Å². The number of fused-ring (bicyclic) bond motifs is 1. The number of ether oxygens (including phenoxy) is 1. The minimum absolute atomic E-state index is 0.146. The number of carbonyl (C=O) groups is 2. The number of hydrogen-bond acceptors (Lipinski definition) is 6. The number of anilines is 1. The van der Waals surface area contributed by atoms with Gasteiger partial charge in [-0.25, -0.2) is 4.98 Å². The number of rotatable bonds is 6. The van der Waals surface area contributed by atoms with Gasteiger partial charge < -0.3 is 10.1 Å². The van der Waals surface area contributed by atoms with E-state index in [0.29, 0.717) is 5.69 Å². The first kappa shape index (κ1) is 19.4. The van der Waals surface area contributed by atoms with Crippen molar-refractivity contribution in [2.45, 2.75) is 19.1 Å². The molecule has 0 saturated carbocycles. The van der Waals surface area contributed by atoms with Crippen molar-refractivity contribution in [3.8, 4) is 10.6 Å². The molecule has 0 fully saturated rings. The number of esters is 1. The number of benzene rings is 2. The van der Waals surface area contributed by atoms with Gasteiger partial charge in [-0.15, -0.1) is 23.1 Å². The maximum absolute atomic E-state index is 12.2. The van der Waals surface area contributed by atoms with Crippen LogP contribution in [-0.4, -0.2) is 35.0 Å². The molecule has 0 saturated heterocycles. The van der Waals surface area contributed by atoms with Crippen LogP contribution in [0.1, 0.15) is 12.5 Å². The minimum Gasteiger partial charge on any atom is -0.468 e. The number of thioether (sulfide) groups is 1. The van der Waals surface area contributed by atoms with E-state index in [4.69, 9.17) is 0 Å². The van der Waals surface area contributed by atoms with Crippen molar-refractivity contribution < 1.29 is 14.3 Å². The molecule has 1 amide bonds. The van der Waals surface area contributed by atoms with E-state index < -0.39 is 0 Å². The zero-order valence-corrected chi connectivity index (χ0v) is 16.9. The molecule has 140 valence electrons. The third-order valence-corrected chi connectivity index (χ3v) is 6.18. The zero-order chi connectivity index (χ0) is 19.4. The fourth-order valence-corrected chi connectivity index (χ4v) is 4.21. The fraction of sp³-hybridized carbons (Fsp3) is 0.250. The number of hydrogen-bond donors (Lipinski definition) is 1. The van der Waals surface area contributed by atoms with Crippen LogP contribution >= 0.6 is 23.1 Å². The van der Waals surface area contributed by atoms with E-state index in [1.54, 1.807) is 18.3 Å². The molecule has 0 bridgehead atoms. The molecule has 1 aromatic heterocycles. The van der Waals surface area contributed by atoms with E-state index in [2.05, 4.69) is 34.1 Å². The number of carbonyl (C=O) groups excluding carboxylic acids is 2. The molecular formula is C20H20N2O3S2. The Morgan fingerprint density at radius 2 is 1.96 bits per heavy atom. The van der Waals surface area contributed by atoms with E-state index in [9.17, 15) is 9.59 Å². The van der Waals surface area contributed by atoms with Crippen LogP contribution in [0.5, 0.6) is 0 Å². The SMILES string of the molecule is COC(=O)CSC(C)C(=O)Nc1ccc(-c2nc3ccc(C)cc3s2)cc1. The smallest absolute Gasteiger partial charge is 0.315 e. The highest BCUT2D eigenvalue weighted by atomic mass is 32.2. The van der Waals surface area contributed by atoms with Gasteiger partial charge in [0.25, 0.3) is 0 Å². The molecule has 0 spiro atoms. The summed E-state index contributed by atoms with van der Waals surface area (Å²) in [6, 6.07) is 13.9. The Bertz CT molecular complexity index is 967. The minimum atomic E-state index is -0.351. The first-order valence-electron chi connectivity index (χ1n) is 8.43. The summed E-state index contributed by atoms with van der Waals surface area (Å²) in [5.74, 6) is -0.330. The van der Waals surface area contributed by atoms with E-state index in [1.165, 1.54) is 29.1 Å². The summed E-state index contributed by atoms with van der Waals surface area (Å²) >= 11 is 2.90. The largest absolute Gasteiger partial charge is 0.468 e. The van der Waals surface area contributed by atoms with Crippen LogP contribution in [0.25, 0.3) is 20.8 Å². The molecule has 0 radical (unpaired) electrons. The van der Waals surface area contributed by atoms with Crippen molar-refractivity contribution >= 4 is 50.9 Å². The predicted molar refractivity (Wildman–Crippen MR) is 112 cm³/mol. The second kappa shape index (κ2) is 8.54. The highest BCUT2D eigenvalue weighted by Crippen LogP contribution is 2.31. The van der Waals surface area contributed by atoms with Crippen molar-refractivity contribution in [1.29, 1.82) is 0 Å². The van der Waals surface area contributed by atoms with E-state index in [-0.39, 0.29) is 22.9 Å². The van der Waals surface area contributed by atoms with Gasteiger partial charge in [0.15, 0.2) is 0 Å². The van der Waals surface area contributed by atoms with Gasteiger partial charge >= 0.3 is 5.97 Å². The lowest BCUT2D eigenvalue weighted by Crippen LogP contribution is -2.23. The Morgan fingerprint density at radius 3 is 2.67 bits per heavy atom. The molecule has 1 N–H and O–H groups in total. The van der Waals surface area contributed by atoms with Gasteiger partial charge in [-0.2, -0.15) is 0 Å². The number of thiazole rings is 1. The summed E-state index contributed by atoms with van der Waals surface area (Å²) in [5, 5.41) is 3.47. The maximum atomic E-state index is 12.2. The molecule has 0 aliphatic rings. The van der Waals surface area contributed by atoms with E-state index in [0.717, 1.165) is 16.1 Å². The standard InChI is InChI=1S/C20H20N2O3S2/c1-12-4-9-16-17(10-12)27-20(22-16)14-5-7-15(8-6-14)21-19(24)13(2)26-11-18(23)25-3/h4-10,13H,11H2,1-3H3,(H,21,24). The van der Waals surface area contributed by atoms with E-state index >= 15 is 0 Å². The lowest BCUT2D eigenvalue weighted by Gasteiger charge is -2.11. The normalized spacial score (nSPS) is 12.0. The number of nitrogens with zero attached hydrogens (tertiary/aromatic N) is 1. The molecule has 1 heterocycles. The van der Waals surface area contributed by atoms with Gasteiger partial charge in [0.1, 0.15) is 5.01 Å². The summed E-state index contributed by atoms with van der Waals surface area (Å²) in [7, 11) is 1.34. The van der Waals surface area contributed by atoms with Crippen molar-refractivity contribution in [1.82, 2.24) is 4.98 Å². The van der Waals surface area contributed by atoms with E-state index in [1.807, 2.05) is 30.3 Å². The quantitative estimate of drug-likeness (QED) is 0.617. The summed E-state index contributed by atoms with van der Waals surface area (Å²) in [6.07, 6.45) is 0. The number of nitrogens with one attached hydrogen (secondary N) is 1. The predicted octanol–water partition coefficient (Wildman–Crippen LogP) is 4.50. The van der Waals surface area contributed by atoms with Crippen LogP contribution < -0.4 is 5.32 Å². The average molecular weight is 401 g/mol. The lowest BCUT2D eigenvalue weighted by molar-refractivity contribution is -0.137. The first-order chi connectivity index (χ1) is 13.0. The number of amides is 1. The fourth-order valence-electron chi connectivity index (χ4n) is 2.42. The summed E-state index contributed by atoms with van der Waals surface area (Å²) < 4.78 is 5.75. The first-order valence-corrected chi connectivity index (χ1v) is 10.3. The molecule has 5 nitrogen and oxygen atoms in total. The van der Waals surface area contributed by atoms with Crippen LogP contribution in [0.4, 0.5) is 5.69 Å². The Morgan fingerprint density at radius 1 is 1.22 bits per heavy atom.